The van der Waals surface area contributed by atoms with Gasteiger partial charge in [0.15, 0.2) is 0 Å². The van der Waals surface area contributed by atoms with Crippen molar-refractivity contribution in [2.24, 2.45) is 5.16 Å². The molecule has 0 aromatic heterocycles. The third kappa shape index (κ3) is 5.35. The van der Waals surface area contributed by atoms with Crippen molar-refractivity contribution in [1.82, 2.24) is 4.90 Å². The summed E-state index contributed by atoms with van der Waals surface area (Å²) in [5, 5.41) is 4.47. The Morgan fingerprint density at radius 2 is 1.71 bits per heavy atom. The lowest BCUT2D eigenvalue weighted by Gasteiger charge is -2.29. The van der Waals surface area contributed by atoms with Gasteiger partial charge in [-0.1, -0.05) is 65.8 Å². The molecule has 5 heteroatoms. The molecular weight excluding hydrogens is 352 g/mol. The lowest BCUT2D eigenvalue weighted by molar-refractivity contribution is 0.0263. The summed E-state index contributed by atoms with van der Waals surface area (Å²) in [4.78, 5) is 20.2. The SMILES string of the molecule is CC(C)(C)OC(=O)N1CCCC1/C(=N/OCc1ccccc1)c1ccccc1. The van der Waals surface area contributed by atoms with Gasteiger partial charge in [-0.25, -0.2) is 4.79 Å². The van der Waals surface area contributed by atoms with Crippen molar-refractivity contribution in [1.29, 1.82) is 0 Å². The molecule has 1 saturated heterocycles. The fourth-order valence-electron chi connectivity index (χ4n) is 3.26. The van der Waals surface area contributed by atoms with Crippen LogP contribution < -0.4 is 0 Å². The van der Waals surface area contributed by atoms with Crippen LogP contribution in [0, 0.1) is 0 Å². The van der Waals surface area contributed by atoms with Gasteiger partial charge in [-0.05, 0) is 39.2 Å². The van der Waals surface area contributed by atoms with Gasteiger partial charge in [-0.3, -0.25) is 4.90 Å². The third-order valence-corrected chi connectivity index (χ3v) is 4.50. The van der Waals surface area contributed by atoms with Crippen LogP contribution in [-0.2, 0) is 16.2 Å². The zero-order valence-corrected chi connectivity index (χ0v) is 16.8. The topological polar surface area (TPSA) is 51.1 Å². The van der Waals surface area contributed by atoms with E-state index < -0.39 is 5.60 Å². The van der Waals surface area contributed by atoms with Crippen molar-refractivity contribution in [3.8, 4) is 0 Å². The van der Waals surface area contributed by atoms with Gasteiger partial charge in [0.2, 0.25) is 0 Å². The Morgan fingerprint density at radius 3 is 2.36 bits per heavy atom. The molecule has 1 unspecified atom stereocenters. The van der Waals surface area contributed by atoms with Crippen LogP contribution in [0.4, 0.5) is 4.79 Å². The fourth-order valence-corrected chi connectivity index (χ4v) is 3.26. The molecule has 1 atom stereocenters. The smallest absolute Gasteiger partial charge is 0.410 e. The Morgan fingerprint density at radius 1 is 1.07 bits per heavy atom. The third-order valence-electron chi connectivity index (χ3n) is 4.50. The van der Waals surface area contributed by atoms with E-state index in [1.165, 1.54) is 0 Å². The summed E-state index contributed by atoms with van der Waals surface area (Å²) in [6.45, 7) is 6.68. The number of ether oxygens (including phenoxy) is 1. The maximum atomic E-state index is 12.7. The molecule has 3 rings (SSSR count). The van der Waals surface area contributed by atoms with Gasteiger partial charge in [0.25, 0.3) is 0 Å². The summed E-state index contributed by atoms with van der Waals surface area (Å²) in [5.41, 5.74) is 2.24. The summed E-state index contributed by atoms with van der Waals surface area (Å²) in [6.07, 6.45) is 1.44. The summed E-state index contributed by atoms with van der Waals surface area (Å²) in [5.74, 6) is 0. The largest absolute Gasteiger partial charge is 0.444 e. The number of benzene rings is 2. The average Bonchev–Trinajstić information content (AvgIpc) is 3.15. The zero-order chi connectivity index (χ0) is 20.0. The van der Waals surface area contributed by atoms with Gasteiger partial charge in [0, 0.05) is 12.1 Å². The van der Waals surface area contributed by atoms with Crippen molar-refractivity contribution in [2.75, 3.05) is 6.54 Å². The molecule has 5 nitrogen and oxygen atoms in total. The Kier molecular flexibility index (Phi) is 6.34. The van der Waals surface area contributed by atoms with E-state index in [2.05, 4.69) is 5.16 Å². The van der Waals surface area contributed by atoms with Crippen molar-refractivity contribution >= 4 is 11.8 Å². The number of oxime groups is 1. The summed E-state index contributed by atoms with van der Waals surface area (Å²) in [7, 11) is 0. The number of carbonyl (C=O) groups excluding carboxylic acids is 1. The molecule has 1 amide bonds. The van der Waals surface area contributed by atoms with E-state index in [0.29, 0.717) is 13.2 Å². The molecule has 0 N–H and O–H groups in total. The Balaban J connectivity index is 1.81. The highest BCUT2D eigenvalue weighted by Crippen LogP contribution is 2.25. The second kappa shape index (κ2) is 8.91. The maximum absolute atomic E-state index is 12.7. The summed E-state index contributed by atoms with van der Waals surface area (Å²) in [6, 6.07) is 19.7. The second-order valence-corrected chi connectivity index (χ2v) is 7.93. The number of carbonyl (C=O) groups is 1. The second-order valence-electron chi connectivity index (χ2n) is 7.93. The summed E-state index contributed by atoms with van der Waals surface area (Å²) < 4.78 is 5.60. The molecule has 0 saturated carbocycles. The van der Waals surface area contributed by atoms with E-state index in [0.717, 1.165) is 29.7 Å². The average molecular weight is 380 g/mol. The van der Waals surface area contributed by atoms with Gasteiger partial charge >= 0.3 is 6.09 Å². The van der Waals surface area contributed by atoms with Crippen LogP contribution in [0.1, 0.15) is 44.7 Å². The van der Waals surface area contributed by atoms with Crippen LogP contribution in [0.15, 0.2) is 65.8 Å². The Labute approximate surface area is 166 Å². The molecular formula is C23H28N2O3. The molecule has 0 radical (unpaired) electrons. The Hall–Kier alpha value is -2.82. The molecule has 0 bridgehead atoms. The van der Waals surface area contributed by atoms with Gasteiger partial charge in [-0.2, -0.15) is 0 Å². The van der Waals surface area contributed by atoms with Gasteiger partial charge in [0.05, 0.1) is 6.04 Å². The van der Waals surface area contributed by atoms with Gasteiger partial charge in [0.1, 0.15) is 17.9 Å². The van der Waals surface area contributed by atoms with Crippen molar-refractivity contribution in [3.05, 3.63) is 71.8 Å². The minimum absolute atomic E-state index is 0.159. The van der Waals surface area contributed by atoms with E-state index in [9.17, 15) is 4.79 Å². The molecule has 2 aromatic rings. The normalized spacial score (nSPS) is 17.5. The highest BCUT2D eigenvalue weighted by atomic mass is 16.6. The first-order valence-electron chi connectivity index (χ1n) is 9.73. The molecule has 28 heavy (non-hydrogen) atoms. The quantitative estimate of drug-likeness (QED) is 0.541. The summed E-state index contributed by atoms with van der Waals surface area (Å²) >= 11 is 0. The van der Waals surface area contributed by atoms with Gasteiger partial charge < -0.3 is 9.57 Å². The van der Waals surface area contributed by atoms with E-state index in [-0.39, 0.29) is 12.1 Å². The minimum Gasteiger partial charge on any atom is -0.444 e. The Bertz CT molecular complexity index is 798. The van der Waals surface area contributed by atoms with Crippen LogP contribution in [-0.4, -0.2) is 34.9 Å². The molecule has 1 fully saturated rings. The molecule has 2 aromatic carbocycles. The van der Waals surface area contributed by atoms with Gasteiger partial charge in [-0.15, -0.1) is 0 Å². The number of rotatable bonds is 5. The van der Waals surface area contributed by atoms with Crippen molar-refractivity contribution in [3.63, 3.8) is 0 Å². The number of amides is 1. The standard InChI is InChI=1S/C23H28N2O3/c1-23(2,3)28-22(26)25-16-10-15-20(25)21(19-13-8-5-9-14-19)24-27-17-18-11-6-4-7-12-18/h4-9,11-14,20H,10,15-17H2,1-3H3/b24-21+. The predicted octanol–water partition coefficient (Wildman–Crippen LogP) is 5.01. The minimum atomic E-state index is -0.530. The van der Waals surface area contributed by atoms with E-state index in [1.807, 2.05) is 81.4 Å². The van der Waals surface area contributed by atoms with Crippen LogP contribution >= 0.6 is 0 Å². The highest BCUT2D eigenvalue weighted by molar-refractivity contribution is 6.05. The van der Waals surface area contributed by atoms with Crippen molar-refractivity contribution in [2.45, 2.75) is 51.9 Å². The number of hydrogen-bond acceptors (Lipinski definition) is 4. The van der Waals surface area contributed by atoms with E-state index in [1.54, 1.807) is 4.90 Å². The van der Waals surface area contributed by atoms with Crippen LogP contribution in [0.2, 0.25) is 0 Å². The van der Waals surface area contributed by atoms with Crippen LogP contribution in [0.25, 0.3) is 0 Å². The lowest BCUT2D eigenvalue weighted by Crippen LogP contribution is -2.43. The molecule has 1 heterocycles. The molecule has 0 aliphatic carbocycles. The lowest BCUT2D eigenvalue weighted by atomic mass is 10.0. The molecule has 0 spiro atoms. The molecule has 1 aliphatic heterocycles. The first-order chi connectivity index (χ1) is 13.4. The number of hydrogen-bond donors (Lipinski definition) is 0. The highest BCUT2D eigenvalue weighted by Gasteiger charge is 2.36. The van der Waals surface area contributed by atoms with Crippen molar-refractivity contribution < 1.29 is 14.4 Å². The number of likely N-dealkylation sites (tertiary alicyclic amines) is 1. The fraction of sp³-hybridized carbons (Fsp3) is 0.391. The zero-order valence-electron chi connectivity index (χ0n) is 16.8. The van der Waals surface area contributed by atoms with Crippen LogP contribution in [0.3, 0.4) is 0 Å². The number of nitrogens with zero attached hydrogens (tertiary/aromatic N) is 2. The molecule has 148 valence electrons. The predicted molar refractivity (Wildman–Crippen MR) is 110 cm³/mol. The first kappa shape index (κ1) is 19.9. The monoisotopic (exact) mass is 380 g/mol. The maximum Gasteiger partial charge on any atom is 0.410 e. The first-order valence-corrected chi connectivity index (χ1v) is 9.73. The molecule has 1 aliphatic rings. The van der Waals surface area contributed by atoms with E-state index >= 15 is 0 Å². The van der Waals surface area contributed by atoms with Crippen LogP contribution in [0.5, 0.6) is 0 Å². The van der Waals surface area contributed by atoms with E-state index in [4.69, 9.17) is 9.57 Å².